The molecule has 5 nitrogen and oxygen atoms in total. The van der Waals surface area contributed by atoms with Gasteiger partial charge in [-0.05, 0) is 72.8 Å². The molecule has 0 N–H and O–H groups in total. The van der Waals surface area contributed by atoms with E-state index in [0.29, 0.717) is 13.2 Å². The van der Waals surface area contributed by atoms with Crippen molar-refractivity contribution >= 4 is 22.0 Å². The van der Waals surface area contributed by atoms with Crippen molar-refractivity contribution in [2.45, 2.75) is 57.9 Å². The van der Waals surface area contributed by atoms with Gasteiger partial charge >= 0.3 is 6.09 Å². The van der Waals surface area contributed by atoms with Gasteiger partial charge in [0.15, 0.2) is 0 Å². The highest BCUT2D eigenvalue weighted by atomic mass is 79.9. The standard InChI is InChI=1S/C25H31BrN2O3/c1-24(2,3)31-23(29)27-13-14-28(25(18-27)11-12-25)16-20-9-10-22(21(26)15-20)30-17-19-7-5-4-6-8-19/h4-10,15H,11-14,16-18H2,1-3H3. The smallest absolute Gasteiger partial charge is 0.410 e. The van der Waals surface area contributed by atoms with Crippen LogP contribution in [0.1, 0.15) is 44.7 Å². The van der Waals surface area contributed by atoms with Crippen molar-refractivity contribution in [3.63, 3.8) is 0 Å². The summed E-state index contributed by atoms with van der Waals surface area (Å²) >= 11 is 3.67. The van der Waals surface area contributed by atoms with Crippen LogP contribution >= 0.6 is 15.9 Å². The molecule has 1 heterocycles. The third-order valence-electron chi connectivity index (χ3n) is 5.88. The minimum absolute atomic E-state index is 0.101. The van der Waals surface area contributed by atoms with Crippen molar-refractivity contribution in [3.8, 4) is 5.75 Å². The summed E-state index contributed by atoms with van der Waals surface area (Å²) in [6.07, 6.45) is 2.07. The molecule has 2 aromatic rings. The Kier molecular flexibility index (Phi) is 6.31. The Morgan fingerprint density at radius 3 is 2.45 bits per heavy atom. The number of nitrogens with zero attached hydrogens (tertiary/aromatic N) is 2. The van der Waals surface area contributed by atoms with E-state index >= 15 is 0 Å². The number of halogens is 1. The lowest BCUT2D eigenvalue weighted by Gasteiger charge is -2.42. The molecule has 1 saturated carbocycles. The number of amides is 1. The van der Waals surface area contributed by atoms with Crippen molar-refractivity contribution < 1.29 is 14.3 Å². The SMILES string of the molecule is CC(C)(C)OC(=O)N1CCN(Cc2ccc(OCc3ccccc3)c(Br)c2)C2(CC2)C1. The number of hydrogen-bond donors (Lipinski definition) is 0. The maximum atomic E-state index is 12.5. The van der Waals surface area contributed by atoms with E-state index in [9.17, 15) is 4.79 Å². The molecule has 1 amide bonds. The van der Waals surface area contributed by atoms with E-state index in [1.54, 1.807) is 0 Å². The van der Waals surface area contributed by atoms with Crippen LogP contribution in [0, 0.1) is 0 Å². The van der Waals surface area contributed by atoms with E-state index in [1.807, 2.05) is 49.9 Å². The van der Waals surface area contributed by atoms with Crippen molar-refractivity contribution in [2.24, 2.45) is 0 Å². The van der Waals surface area contributed by atoms with Crippen LogP contribution in [0.4, 0.5) is 4.79 Å². The highest BCUT2D eigenvalue weighted by molar-refractivity contribution is 9.10. The van der Waals surface area contributed by atoms with Gasteiger partial charge < -0.3 is 14.4 Å². The van der Waals surface area contributed by atoms with E-state index in [4.69, 9.17) is 9.47 Å². The third kappa shape index (κ3) is 5.60. The first kappa shape index (κ1) is 22.2. The van der Waals surface area contributed by atoms with Crippen LogP contribution in [0.5, 0.6) is 5.75 Å². The van der Waals surface area contributed by atoms with Crippen LogP contribution in [0.15, 0.2) is 53.0 Å². The molecular weight excluding hydrogens is 456 g/mol. The first-order valence-corrected chi connectivity index (χ1v) is 11.7. The summed E-state index contributed by atoms with van der Waals surface area (Å²) in [4.78, 5) is 16.9. The van der Waals surface area contributed by atoms with E-state index in [-0.39, 0.29) is 11.6 Å². The number of benzene rings is 2. The molecule has 1 spiro atoms. The van der Waals surface area contributed by atoms with Crippen LogP contribution < -0.4 is 4.74 Å². The quantitative estimate of drug-likeness (QED) is 0.550. The topological polar surface area (TPSA) is 42.0 Å². The molecule has 1 aliphatic carbocycles. The molecule has 1 aliphatic heterocycles. The summed E-state index contributed by atoms with van der Waals surface area (Å²) in [6.45, 7) is 9.49. The van der Waals surface area contributed by atoms with Gasteiger partial charge in [0.1, 0.15) is 18.0 Å². The van der Waals surface area contributed by atoms with Gasteiger partial charge in [-0.3, -0.25) is 4.90 Å². The number of piperazine rings is 1. The van der Waals surface area contributed by atoms with Crippen LogP contribution in [-0.4, -0.2) is 46.7 Å². The molecule has 0 atom stereocenters. The van der Waals surface area contributed by atoms with Gasteiger partial charge in [-0.2, -0.15) is 0 Å². The Balaban J connectivity index is 1.35. The monoisotopic (exact) mass is 486 g/mol. The first-order valence-electron chi connectivity index (χ1n) is 10.9. The minimum Gasteiger partial charge on any atom is -0.488 e. The second-order valence-electron chi connectivity index (χ2n) is 9.59. The fourth-order valence-electron chi connectivity index (χ4n) is 4.08. The third-order valence-corrected chi connectivity index (χ3v) is 6.50. The summed E-state index contributed by atoms with van der Waals surface area (Å²) in [5.41, 5.74) is 2.04. The Labute approximate surface area is 193 Å². The number of rotatable bonds is 5. The van der Waals surface area contributed by atoms with Gasteiger partial charge in [0, 0.05) is 31.7 Å². The molecule has 6 heteroatoms. The molecule has 166 valence electrons. The van der Waals surface area contributed by atoms with E-state index in [2.05, 4.69) is 45.1 Å². The number of hydrogen-bond acceptors (Lipinski definition) is 4. The molecule has 0 bridgehead atoms. The van der Waals surface area contributed by atoms with Crippen LogP contribution in [-0.2, 0) is 17.9 Å². The predicted octanol–water partition coefficient (Wildman–Crippen LogP) is 5.61. The normalized spacial score (nSPS) is 18.1. The van der Waals surface area contributed by atoms with Crippen LogP contribution in [0.2, 0.25) is 0 Å². The van der Waals surface area contributed by atoms with Gasteiger partial charge in [-0.25, -0.2) is 4.79 Å². The van der Waals surface area contributed by atoms with Crippen LogP contribution in [0.25, 0.3) is 0 Å². The molecule has 4 rings (SSSR count). The highest BCUT2D eigenvalue weighted by Gasteiger charge is 2.52. The van der Waals surface area contributed by atoms with Gasteiger partial charge in [-0.1, -0.05) is 36.4 Å². The van der Waals surface area contributed by atoms with Gasteiger partial charge in [-0.15, -0.1) is 0 Å². The molecule has 2 fully saturated rings. The molecule has 1 saturated heterocycles. The van der Waals surface area contributed by atoms with E-state index < -0.39 is 5.60 Å². The zero-order chi connectivity index (χ0) is 22.1. The summed E-state index contributed by atoms with van der Waals surface area (Å²) in [5, 5.41) is 0. The van der Waals surface area contributed by atoms with Crippen LogP contribution in [0.3, 0.4) is 0 Å². The molecule has 2 aliphatic rings. The van der Waals surface area contributed by atoms with Gasteiger partial charge in [0.25, 0.3) is 0 Å². The average molecular weight is 487 g/mol. The Hall–Kier alpha value is -2.05. The molecule has 2 aromatic carbocycles. The number of ether oxygens (including phenoxy) is 2. The Morgan fingerprint density at radius 1 is 1.06 bits per heavy atom. The van der Waals surface area contributed by atoms with Crippen molar-refractivity contribution in [2.75, 3.05) is 19.6 Å². The largest absolute Gasteiger partial charge is 0.488 e. The Morgan fingerprint density at radius 2 is 1.81 bits per heavy atom. The summed E-state index contributed by atoms with van der Waals surface area (Å²) in [5.74, 6) is 0.850. The molecule has 0 unspecified atom stereocenters. The molecular formula is C25H31BrN2O3. The lowest BCUT2D eigenvalue weighted by Crippen LogP contribution is -2.56. The minimum atomic E-state index is -0.457. The highest BCUT2D eigenvalue weighted by Crippen LogP contribution is 2.45. The van der Waals surface area contributed by atoms with Crippen molar-refractivity contribution in [1.82, 2.24) is 9.80 Å². The average Bonchev–Trinajstić information content (AvgIpc) is 3.48. The maximum Gasteiger partial charge on any atom is 0.410 e. The predicted molar refractivity (Wildman–Crippen MR) is 125 cm³/mol. The molecule has 31 heavy (non-hydrogen) atoms. The lowest BCUT2D eigenvalue weighted by molar-refractivity contribution is -0.00239. The number of carbonyl (C=O) groups excluding carboxylic acids is 1. The summed E-state index contributed by atoms with van der Waals surface area (Å²) < 4.78 is 12.5. The fourth-order valence-corrected chi connectivity index (χ4v) is 4.62. The zero-order valence-corrected chi connectivity index (χ0v) is 20.2. The van der Waals surface area contributed by atoms with Crippen molar-refractivity contribution in [1.29, 1.82) is 0 Å². The van der Waals surface area contributed by atoms with Gasteiger partial charge in [0.2, 0.25) is 0 Å². The van der Waals surface area contributed by atoms with Gasteiger partial charge in [0.05, 0.1) is 4.47 Å². The molecule has 0 radical (unpaired) electrons. The van der Waals surface area contributed by atoms with E-state index in [1.165, 1.54) is 5.56 Å². The summed E-state index contributed by atoms with van der Waals surface area (Å²) in [6, 6.07) is 16.5. The lowest BCUT2D eigenvalue weighted by atomic mass is 10.1. The van der Waals surface area contributed by atoms with E-state index in [0.717, 1.165) is 48.3 Å². The fraction of sp³-hybridized carbons (Fsp3) is 0.480. The number of carbonyl (C=O) groups is 1. The maximum absolute atomic E-state index is 12.5. The second kappa shape index (κ2) is 8.83. The first-order chi connectivity index (χ1) is 14.7. The summed E-state index contributed by atoms with van der Waals surface area (Å²) in [7, 11) is 0. The zero-order valence-electron chi connectivity index (χ0n) is 18.6. The van der Waals surface area contributed by atoms with Crippen molar-refractivity contribution in [3.05, 3.63) is 64.1 Å². The Bertz CT molecular complexity index is 922. The second-order valence-corrected chi connectivity index (χ2v) is 10.4. The molecule has 0 aromatic heterocycles.